The molecule has 0 atom stereocenters. The predicted molar refractivity (Wildman–Crippen MR) is 84.0 cm³/mol. The number of hydrogen-bond donors (Lipinski definition) is 2. The van der Waals surface area contributed by atoms with Crippen LogP contribution in [0.25, 0.3) is 0 Å². The van der Waals surface area contributed by atoms with Crippen molar-refractivity contribution >= 4 is 27.4 Å². The predicted octanol–water partition coefficient (Wildman–Crippen LogP) is 1.44. The van der Waals surface area contributed by atoms with Gasteiger partial charge in [0.05, 0.1) is 5.75 Å². The first-order valence-corrected chi connectivity index (χ1v) is 8.72. The van der Waals surface area contributed by atoms with Crippen molar-refractivity contribution < 1.29 is 8.42 Å². The smallest absolute Gasteiger partial charge is 0.191 e. The lowest BCUT2D eigenvalue weighted by atomic mass is 10.2. The van der Waals surface area contributed by atoms with E-state index in [2.05, 4.69) is 15.6 Å². The van der Waals surface area contributed by atoms with Crippen LogP contribution in [0.3, 0.4) is 0 Å². The average Bonchev–Trinajstić information content (AvgIpc) is 2.38. The Morgan fingerprint density at radius 3 is 2.60 bits per heavy atom. The molecule has 0 bridgehead atoms. The Hall–Kier alpha value is -1.27. The first kappa shape index (κ1) is 16.8. The molecule has 0 amide bonds. The fourth-order valence-corrected chi connectivity index (χ4v) is 2.45. The molecular formula is C13H20ClN3O2S. The second-order valence-electron chi connectivity index (χ2n) is 4.43. The van der Waals surface area contributed by atoms with Crippen molar-refractivity contribution in [3.8, 4) is 0 Å². The molecule has 0 fully saturated rings. The summed E-state index contributed by atoms with van der Waals surface area (Å²) >= 11 is 6.06. The first-order valence-electron chi connectivity index (χ1n) is 6.28. The molecule has 0 aliphatic heterocycles. The third-order valence-corrected chi connectivity index (χ3v) is 4.01. The van der Waals surface area contributed by atoms with Gasteiger partial charge in [-0.2, -0.15) is 0 Å². The van der Waals surface area contributed by atoms with Gasteiger partial charge in [0.25, 0.3) is 0 Å². The molecule has 0 aliphatic rings. The molecule has 0 spiro atoms. The van der Waals surface area contributed by atoms with Crippen molar-refractivity contribution in [3.05, 3.63) is 34.9 Å². The standard InChI is InChI=1S/C13H20ClN3O2S/c1-15-13(16-8-5-9-20(2,18)19)17-10-11-6-3-4-7-12(11)14/h3-4,6-7H,5,8-10H2,1-2H3,(H2,15,16,17). The van der Waals surface area contributed by atoms with Gasteiger partial charge in [0.2, 0.25) is 0 Å². The Morgan fingerprint density at radius 1 is 1.30 bits per heavy atom. The topological polar surface area (TPSA) is 70.6 Å². The van der Waals surface area contributed by atoms with Crippen molar-refractivity contribution in [1.29, 1.82) is 0 Å². The van der Waals surface area contributed by atoms with Gasteiger partial charge in [0.1, 0.15) is 9.84 Å². The highest BCUT2D eigenvalue weighted by molar-refractivity contribution is 7.90. The Kier molecular flexibility index (Phi) is 6.81. The summed E-state index contributed by atoms with van der Waals surface area (Å²) in [4.78, 5) is 4.07. The number of sulfone groups is 1. The van der Waals surface area contributed by atoms with E-state index >= 15 is 0 Å². The van der Waals surface area contributed by atoms with Crippen LogP contribution in [0.5, 0.6) is 0 Å². The molecule has 112 valence electrons. The lowest BCUT2D eigenvalue weighted by Crippen LogP contribution is -2.37. The van der Waals surface area contributed by atoms with Crippen LogP contribution in [0.15, 0.2) is 29.3 Å². The maximum Gasteiger partial charge on any atom is 0.191 e. The van der Waals surface area contributed by atoms with Crippen LogP contribution in [-0.4, -0.2) is 40.0 Å². The summed E-state index contributed by atoms with van der Waals surface area (Å²) in [5.41, 5.74) is 0.980. The molecule has 0 saturated carbocycles. The fraction of sp³-hybridized carbons (Fsp3) is 0.462. The lowest BCUT2D eigenvalue weighted by molar-refractivity contribution is 0.598. The summed E-state index contributed by atoms with van der Waals surface area (Å²) in [5.74, 6) is 0.792. The molecule has 0 aliphatic carbocycles. The van der Waals surface area contributed by atoms with E-state index < -0.39 is 9.84 Å². The van der Waals surface area contributed by atoms with Crippen LogP contribution in [0.2, 0.25) is 5.02 Å². The molecule has 0 radical (unpaired) electrons. The highest BCUT2D eigenvalue weighted by Gasteiger charge is 2.03. The Bertz CT molecular complexity index is 558. The molecule has 1 rings (SSSR count). The minimum atomic E-state index is -2.91. The van der Waals surface area contributed by atoms with Gasteiger partial charge in [-0.3, -0.25) is 4.99 Å². The van der Waals surface area contributed by atoms with Gasteiger partial charge >= 0.3 is 0 Å². The van der Waals surface area contributed by atoms with E-state index in [1.807, 2.05) is 24.3 Å². The zero-order valence-electron chi connectivity index (χ0n) is 11.7. The van der Waals surface area contributed by atoms with E-state index in [9.17, 15) is 8.42 Å². The van der Waals surface area contributed by atoms with Gasteiger partial charge in [-0.15, -0.1) is 0 Å². The van der Waals surface area contributed by atoms with Crippen LogP contribution in [-0.2, 0) is 16.4 Å². The number of hydrogen-bond acceptors (Lipinski definition) is 3. The molecule has 7 heteroatoms. The van der Waals surface area contributed by atoms with E-state index in [-0.39, 0.29) is 5.75 Å². The van der Waals surface area contributed by atoms with E-state index in [0.29, 0.717) is 30.5 Å². The molecule has 1 aromatic rings. The number of aliphatic imine (C=N–C) groups is 1. The van der Waals surface area contributed by atoms with Crippen molar-refractivity contribution in [3.63, 3.8) is 0 Å². The third kappa shape index (κ3) is 6.77. The van der Waals surface area contributed by atoms with E-state index in [0.717, 1.165) is 5.56 Å². The third-order valence-electron chi connectivity index (χ3n) is 2.61. The summed E-state index contributed by atoms with van der Waals surface area (Å²) < 4.78 is 22.0. The highest BCUT2D eigenvalue weighted by atomic mass is 35.5. The summed E-state index contributed by atoms with van der Waals surface area (Å²) in [6, 6.07) is 7.57. The van der Waals surface area contributed by atoms with Gasteiger partial charge < -0.3 is 10.6 Å². The number of nitrogens with one attached hydrogen (secondary N) is 2. The molecule has 0 heterocycles. The van der Waals surface area contributed by atoms with E-state index in [1.165, 1.54) is 6.26 Å². The van der Waals surface area contributed by atoms with Gasteiger partial charge in [-0.05, 0) is 18.1 Å². The Labute approximate surface area is 125 Å². The van der Waals surface area contributed by atoms with Crippen LogP contribution in [0.4, 0.5) is 0 Å². The molecule has 0 aromatic heterocycles. The van der Waals surface area contributed by atoms with Crippen LogP contribution >= 0.6 is 11.6 Å². The Morgan fingerprint density at radius 2 is 2.00 bits per heavy atom. The number of guanidine groups is 1. The normalized spacial score (nSPS) is 12.2. The van der Waals surface area contributed by atoms with Crippen molar-refractivity contribution in [2.45, 2.75) is 13.0 Å². The molecule has 20 heavy (non-hydrogen) atoms. The quantitative estimate of drug-likeness (QED) is 0.473. The average molecular weight is 318 g/mol. The summed E-state index contributed by atoms with van der Waals surface area (Å²) in [7, 11) is -1.24. The summed E-state index contributed by atoms with van der Waals surface area (Å²) in [5, 5.41) is 6.89. The van der Waals surface area contributed by atoms with E-state index in [4.69, 9.17) is 11.6 Å². The van der Waals surface area contributed by atoms with Gasteiger partial charge in [0, 0.05) is 31.4 Å². The van der Waals surface area contributed by atoms with Crippen molar-refractivity contribution in [2.24, 2.45) is 4.99 Å². The monoisotopic (exact) mass is 317 g/mol. The number of rotatable bonds is 6. The zero-order valence-corrected chi connectivity index (χ0v) is 13.3. The van der Waals surface area contributed by atoms with E-state index in [1.54, 1.807) is 7.05 Å². The molecule has 5 nitrogen and oxygen atoms in total. The van der Waals surface area contributed by atoms with Crippen LogP contribution in [0.1, 0.15) is 12.0 Å². The fourth-order valence-electron chi connectivity index (χ4n) is 1.58. The SMILES string of the molecule is CN=C(NCCCS(C)(=O)=O)NCc1ccccc1Cl. The highest BCUT2D eigenvalue weighted by Crippen LogP contribution is 2.14. The number of benzene rings is 1. The lowest BCUT2D eigenvalue weighted by Gasteiger charge is -2.12. The van der Waals surface area contributed by atoms with Crippen LogP contribution in [0, 0.1) is 0 Å². The maximum absolute atomic E-state index is 11.0. The minimum Gasteiger partial charge on any atom is -0.356 e. The second-order valence-corrected chi connectivity index (χ2v) is 7.09. The van der Waals surface area contributed by atoms with Crippen LogP contribution < -0.4 is 10.6 Å². The number of nitrogens with zero attached hydrogens (tertiary/aromatic N) is 1. The molecule has 2 N–H and O–H groups in total. The first-order chi connectivity index (χ1) is 9.42. The molecule has 0 saturated heterocycles. The summed E-state index contributed by atoms with van der Waals surface area (Å²) in [6.45, 7) is 1.11. The minimum absolute atomic E-state index is 0.168. The summed E-state index contributed by atoms with van der Waals surface area (Å²) in [6.07, 6.45) is 1.78. The maximum atomic E-state index is 11.0. The number of halogens is 1. The van der Waals surface area contributed by atoms with Gasteiger partial charge in [0.15, 0.2) is 5.96 Å². The molecule has 0 unspecified atom stereocenters. The van der Waals surface area contributed by atoms with Gasteiger partial charge in [-0.1, -0.05) is 29.8 Å². The second kappa shape index (κ2) is 8.11. The Balaban J connectivity index is 2.36. The largest absolute Gasteiger partial charge is 0.356 e. The molecular weight excluding hydrogens is 298 g/mol. The van der Waals surface area contributed by atoms with Gasteiger partial charge in [-0.25, -0.2) is 8.42 Å². The van der Waals surface area contributed by atoms with Crippen molar-refractivity contribution in [2.75, 3.05) is 25.6 Å². The van der Waals surface area contributed by atoms with Crippen molar-refractivity contribution in [1.82, 2.24) is 10.6 Å². The zero-order chi connectivity index (χ0) is 15.0. The molecule has 1 aromatic carbocycles.